The van der Waals surface area contributed by atoms with Crippen LogP contribution in [0.25, 0.3) is 0 Å². The lowest BCUT2D eigenvalue weighted by Crippen LogP contribution is -1.97. The minimum Gasteiger partial charge on any atom is -0.387 e. The Balaban J connectivity index is 0.000000238. The molecule has 0 aliphatic rings. The van der Waals surface area contributed by atoms with Gasteiger partial charge in [-0.05, 0) is 74.0 Å². The summed E-state index contributed by atoms with van der Waals surface area (Å²) in [6, 6.07) is 10.2. The molecule has 0 radical (unpaired) electrons. The predicted octanol–water partition coefficient (Wildman–Crippen LogP) is 6.76. The van der Waals surface area contributed by atoms with Crippen molar-refractivity contribution in [2.24, 2.45) is 0 Å². The summed E-state index contributed by atoms with van der Waals surface area (Å²) in [5.41, 5.74) is 4.76. The van der Waals surface area contributed by atoms with E-state index in [2.05, 4.69) is 62.4 Å². The smallest absolute Gasteiger partial charge is 0.0642 e. The minimum absolute atomic E-state index is 0.832. The Labute approximate surface area is 161 Å². The minimum atomic E-state index is 0.832. The SMILES string of the molecule is CCc1cc(Cl)c(NC)c(CC)c1.CNc1c(Br)cccc1Br. The maximum absolute atomic E-state index is 6.13. The molecule has 0 atom stereocenters. The first kappa shape index (κ1) is 20.3. The van der Waals surface area contributed by atoms with Crippen molar-refractivity contribution in [3.05, 3.63) is 55.4 Å². The van der Waals surface area contributed by atoms with E-state index in [0.717, 1.165) is 38.2 Å². The molecule has 0 unspecified atom stereocenters. The quantitative estimate of drug-likeness (QED) is 0.524. The number of nitrogens with one attached hydrogen (secondary N) is 2. The third-order valence-electron chi connectivity index (χ3n) is 3.48. The van der Waals surface area contributed by atoms with Gasteiger partial charge in [0.1, 0.15) is 0 Å². The number of halogens is 3. The van der Waals surface area contributed by atoms with Gasteiger partial charge in [-0.3, -0.25) is 0 Å². The van der Waals surface area contributed by atoms with Gasteiger partial charge < -0.3 is 10.6 Å². The van der Waals surface area contributed by atoms with Crippen molar-refractivity contribution in [2.45, 2.75) is 26.7 Å². The van der Waals surface area contributed by atoms with Crippen LogP contribution in [0.3, 0.4) is 0 Å². The van der Waals surface area contributed by atoms with Gasteiger partial charge in [0.05, 0.1) is 16.4 Å². The maximum atomic E-state index is 6.13. The maximum Gasteiger partial charge on any atom is 0.0642 e. The zero-order valence-corrected chi connectivity index (χ0v) is 17.9. The topological polar surface area (TPSA) is 24.1 Å². The summed E-state index contributed by atoms with van der Waals surface area (Å²) in [5.74, 6) is 0. The summed E-state index contributed by atoms with van der Waals surface area (Å²) in [4.78, 5) is 0. The van der Waals surface area contributed by atoms with E-state index in [0.29, 0.717) is 0 Å². The molecule has 2 nitrogen and oxygen atoms in total. The first-order valence-electron chi connectivity index (χ1n) is 7.59. The first-order chi connectivity index (χ1) is 11.0. The van der Waals surface area contributed by atoms with Crippen LogP contribution in [0.4, 0.5) is 11.4 Å². The molecule has 2 rings (SSSR count). The van der Waals surface area contributed by atoms with Crippen LogP contribution >= 0.6 is 43.5 Å². The summed E-state index contributed by atoms with van der Waals surface area (Å²) in [5, 5.41) is 7.04. The van der Waals surface area contributed by atoms with E-state index in [4.69, 9.17) is 11.6 Å². The Morgan fingerprint density at radius 3 is 1.87 bits per heavy atom. The van der Waals surface area contributed by atoms with Crippen molar-refractivity contribution < 1.29 is 0 Å². The molecule has 0 aliphatic heterocycles. The molecule has 0 spiro atoms. The highest BCUT2D eigenvalue weighted by molar-refractivity contribution is 9.11. The standard InChI is InChI=1S/C11H16ClN.C7H7Br2N/c1-4-8-6-9(5-2)11(13-3)10(12)7-8;1-10-7-5(8)3-2-4-6(7)9/h6-7,13H,4-5H2,1-3H3;2-4,10H,1H3. The molecular formula is C18H23Br2ClN2. The Bertz CT molecular complexity index is 625. The van der Waals surface area contributed by atoms with E-state index in [-0.39, 0.29) is 0 Å². The normalized spacial score (nSPS) is 9.87. The van der Waals surface area contributed by atoms with E-state index in [9.17, 15) is 0 Å². The van der Waals surface area contributed by atoms with Crippen molar-refractivity contribution in [1.29, 1.82) is 0 Å². The van der Waals surface area contributed by atoms with Crippen LogP contribution in [0.2, 0.25) is 5.02 Å². The van der Waals surface area contributed by atoms with E-state index in [1.807, 2.05) is 38.4 Å². The van der Waals surface area contributed by atoms with Crippen LogP contribution in [0.1, 0.15) is 25.0 Å². The molecule has 0 aromatic heterocycles. The molecule has 0 aliphatic carbocycles. The number of benzene rings is 2. The van der Waals surface area contributed by atoms with E-state index < -0.39 is 0 Å². The van der Waals surface area contributed by atoms with E-state index in [1.54, 1.807) is 0 Å². The number of hydrogen-bond donors (Lipinski definition) is 2. The number of anilines is 2. The third kappa shape index (κ3) is 5.70. The van der Waals surface area contributed by atoms with Gasteiger partial charge in [0.15, 0.2) is 0 Å². The Morgan fingerprint density at radius 1 is 0.913 bits per heavy atom. The lowest BCUT2D eigenvalue weighted by atomic mass is 10.0. The highest BCUT2D eigenvalue weighted by Gasteiger charge is 2.05. The molecular weight excluding hydrogens is 439 g/mol. The molecule has 2 N–H and O–H groups in total. The molecule has 2 aromatic rings. The zero-order valence-electron chi connectivity index (χ0n) is 13.9. The summed E-state index contributed by atoms with van der Waals surface area (Å²) < 4.78 is 2.15. The van der Waals surface area contributed by atoms with Gasteiger partial charge in [0, 0.05) is 23.0 Å². The van der Waals surface area contributed by atoms with Crippen LogP contribution in [-0.4, -0.2) is 14.1 Å². The molecule has 0 amide bonds. The third-order valence-corrected chi connectivity index (χ3v) is 5.10. The highest BCUT2D eigenvalue weighted by Crippen LogP contribution is 2.29. The molecule has 126 valence electrons. The van der Waals surface area contributed by atoms with Gasteiger partial charge in [0.25, 0.3) is 0 Å². The Kier molecular flexibility index (Phi) is 9.03. The van der Waals surface area contributed by atoms with Crippen LogP contribution in [-0.2, 0) is 12.8 Å². The summed E-state index contributed by atoms with van der Waals surface area (Å²) in [6.07, 6.45) is 2.06. The van der Waals surface area contributed by atoms with Gasteiger partial charge in [0.2, 0.25) is 0 Å². The molecule has 2 aromatic carbocycles. The van der Waals surface area contributed by atoms with Gasteiger partial charge >= 0.3 is 0 Å². The van der Waals surface area contributed by atoms with Crippen molar-refractivity contribution in [3.8, 4) is 0 Å². The lowest BCUT2D eigenvalue weighted by Gasteiger charge is -2.11. The molecule has 0 saturated heterocycles. The van der Waals surface area contributed by atoms with Gasteiger partial charge in [-0.15, -0.1) is 0 Å². The summed E-state index contributed by atoms with van der Waals surface area (Å²) in [7, 11) is 3.80. The average molecular weight is 463 g/mol. The van der Waals surface area contributed by atoms with Crippen molar-refractivity contribution >= 4 is 54.8 Å². The fraction of sp³-hybridized carbons (Fsp3) is 0.333. The Morgan fingerprint density at radius 2 is 1.48 bits per heavy atom. The second-order valence-electron chi connectivity index (χ2n) is 4.92. The molecule has 23 heavy (non-hydrogen) atoms. The zero-order chi connectivity index (χ0) is 17.4. The number of aryl methyl sites for hydroxylation is 2. The lowest BCUT2D eigenvalue weighted by molar-refractivity contribution is 1.09. The van der Waals surface area contributed by atoms with Crippen LogP contribution in [0.15, 0.2) is 39.3 Å². The summed E-state index contributed by atoms with van der Waals surface area (Å²) >= 11 is 13.0. The second kappa shape index (κ2) is 10.2. The van der Waals surface area contributed by atoms with Crippen LogP contribution in [0, 0.1) is 0 Å². The van der Waals surface area contributed by atoms with Crippen LogP contribution in [0.5, 0.6) is 0 Å². The van der Waals surface area contributed by atoms with Crippen LogP contribution < -0.4 is 10.6 Å². The fourth-order valence-electron chi connectivity index (χ4n) is 2.23. The first-order valence-corrected chi connectivity index (χ1v) is 9.55. The average Bonchev–Trinajstić information content (AvgIpc) is 2.54. The number of rotatable bonds is 4. The predicted molar refractivity (Wildman–Crippen MR) is 111 cm³/mol. The second-order valence-corrected chi connectivity index (χ2v) is 7.03. The van der Waals surface area contributed by atoms with Crippen molar-refractivity contribution in [3.63, 3.8) is 0 Å². The van der Waals surface area contributed by atoms with Gasteiger partial charge in [-0.25, -0.2) is 0 Å². The van der Waals surface area contributed by atoms with E-state index in [1.165, 1.54) is 11.1 Å². The Hall–Kier alpha value is -0.710. The largest absolute Gasteiger partial charge is 0.387 e. The molecule has 0 saturated carbocycles. The van der Waals surface area contributed by atoms with Gasteiger partial charge in [-0.2, -0.15) is 0 Å². The molecule has 0 bridgehead atoms. The van der Waals surface area contributed by atoms with Crippen molar-refractivity contribution in [2.75, 3.05) is 24.7 Å². The monoisotopic (exact) mass is 460 g/mol. The molecule has 0 fully saturated rings. The molecule has 5 heteroatoms. The van der Waals surface area contributed by atoms with Crippen molar-refractivity contribution in [1.82, 2.24) is 0 Å². The highest BCUT2D eigenvalue weighted by atomic mass is 79.9. The molecule has 0 heterocycles. The fourth-order valence-corrected chi connectivity index (χ4v) is 3.98. The summed E-state index contributed by atoms with van der Waals surface area (Å²) in [6.45, 7) is 4.29. The number of para-hydroxylation sites is 1. The van der Waals surface area contributed by atoms with Gasteiger partial charge in [-0.1, -0.05) is 37.6 Å². The van der Waals surface area contributed by atoms with E-state index >= 15 is 0 Å². The number of hydrogen-bond acceptors (Lipinski definition) is 2.